The molecule has 6 heterocycles. The van der Waals surface area contributed by atoms with Crippen LogP contribution in [0.15, 0.2) is 36.4 Å². The van der Waals surface area contributed by atoms with Crippen molar-refractivity contribution < 1.29 is 95.6 Å². The molecule has 4 unspecified atom stereocenters. The summed E-state index contributed by atoms with van der Waals surface area (Å²) in [5.41, 5.74) is 2.39. The lowest BCUT2D eigenvalue weighted by Gasteiger charge is -2.36. The SMILES string of the molecule is CC(C)(C)OC(=O)NC1CCN(c2ccc(Cl)cc2C=O)CC1.CC(C)(C)OC(=O)NC1CCN(c2ccc(Cl)cc2CN2CC3CN(C(=O)OC(C(F)(F)F)C(F)(F)F)CC3C2)CC1.O=C(OC(C(F)(F)F)C(F)(F)F)N1CC2CNCC2C1. The number of carbonyl (C=O) groups is 5. The average Bonchev–Trinajstić information content (AvgIpc) is 4.24. The van der Waals surface area contributed by atoms with Gasteiger partial charge in [-0.1, -0.05) is 23.2 Å². The van der Waals surface area contributed by atoms with Crippen molar-refractivity contribution in [2.24, 2.45) is 23.7 Å². The first-order chi connectivity index (χ1) is 39.3. The van der Waals surface area contributed by atoms with Crippen molar-refractivity contribution in [3.8, 4) is 0 Å². The number of benzene rings is 2. The molecule has 2 aromatic carbocycles. The van der Waals surface area contributed by atoms with Gasteiger partial charge in [-0.2, -0.15) is 52.7 Å². The fourth-order valence-corrected chi connectivity index (χ4v) is 11.4. The molecule has 0 saturated carbocycles. The number of likely N-dealkylation sites (tertiary alicyclic amines) is 3. The molecular weight excluding hydrogens is 1200 g/mol. The first-order valence-corrected chi connectivity index (χ1v) is 28.1. The van der Waals surface area contributed by atoms with Crippen molar-refractivity contribution in [2.75, 3.05) is 88.3 Å². The second-order valence-corrected chi connectivity index (χ2v) is 24.7. The number of nitrogens with zero attached hydrogens (tertiary/aromatic N) is 5. The fraction of sp³-hybridized carbons (Fsp3) is 0.685. The zero-order valence-electron chi connectivity index (χ0n) is 47.4. The normalized spacial score (nSPS) is 21.8. The van der Waals surface area contributed by atoms with Gasteiger partial charge in [0.1, 0.15) is 11.2 Å². The van der Waals surface area contributed by atoms with Gasteiger partial charge in [-0.05, 0) is 133 Å². The lowest BCUT2D eigenvalue weighted by atomic mass is 10.0. The minimum atomic E-state index is -5.75. The third-order valence-electron chi connectivity index (χ3n) is 14.8. The van der Waals surface area contributed by atoms with Crippen LogP contribution in [-0.4, -0.2) is 184 Å². The van der Waals surface area contributed by atoms with Gasteiger partial charge in [-0.25, -0.2) is 19.2 Å². The van der Waals surface area contributed by atoms with E-state index in [1.807, 2.05) is 45.0 Å². The lowest BCUT2D eigenvalue weighted by Crippen LogP contribution is -2.48. The van der Waals surface area contributed by atoms with Gasteiger partial charge in [-0.15, -0.1) is 0 Å². The van der Waals surface area contributed by atoms with E-state index in [9.17, 15) is 76.7 Å². The largest absolute Gasteiger partial charge is 0.444 e. The van der Waals surface area contributed by atoms with Gasteiger partial charge in [0.05, 0.1) is 0 Å². The van der Waals surface area contributed by atoms with Crippen LogP contribution in [0.5, 0.6) is 0 Å². The third kappa shape index (κ3) is 20.3. The van der Waals surface area contributed by atoms with E-state index >= 15 is 0 Å². The zero-order valence-corrected chi connectivity index (χ0v) is 48.9. The molecule has 4 atom stereocenters. The summed E-state index contributed by atoms with van der Waals surface area (Å²) in [6, 6.07) is 11.1. The Labute approximate surface area is 493 Å². The van der Waals surface area contributed by atoms with Crippen LogP contribution >= 0.6 is 23.2 Å². The molecule has 3 N–H and O–H groups in total. The molecule has 0 radical (unpaired) electrons. The lowest BCUT2D eigenvalue weighted by molar-refractivity contribution is -0.309. The summed E-state index contributed by atoms with van der Waals surface area (Å²) in [5, 5.41) is 9.98. The van der Waals surface area contributed by atoms with E-state index in [1.165, 1.54) is 0 Å². The Hall–Kier alpha value is -5.55. The summed E-state index contributed by atoms with van der Waals surface area (Å²) < 4.78 is 169. The maximum absolute atomic E-state index is 12.8. The van der Waals surface area contributed by atoms with Gasteiger partial charge < -0.3 is 54.5 Å². The molecule has 0 aliphatic carbocycles. The number of anilines is 2. The van der Waals surface area contributed by atoms with E-state index in [2.05, 4.69) is 40.1 Å². The second-order valence-electron chi connectivity index (χ2n) is 23.8. The maximum Gasteiger partial charge on any atom is 0.434 e. The Bertz CT molecular complexity index is 2570. The number of aldehydes is 1. The zero-order chi connectivity index (χ0) is 63.2. The summed E-state index contributed by atoms with van der Waals surface area (Å²) in [4.78, 5) is 67.2. The predicted octanol–water partition coefficient (Wildman–Crippen LogP) is 11.2. The van der Waals surface area contributed by atoms with Crippen molar-refractivity contribution in [2.45, 2.75) is 134 Å². The van der Waals surface area contributed by atoms with E-state index < -0.39 is 66.4 Å². The molecule has 0 bridgehead atoms. The molecule has 17 nitrogen and oxygen atoms in total. The molecule has 6 aliphatic rings. The topological polar surface area (TPSA) is 175 Å². The number of hydrogen-bond acceptors (Lipinski definition) is 13. The number of alkyl halides is 12. The number of piperidine rings is 2. The summed E-state index contributed by atoms with van der Waals surface area (Å²) in [7, 11) is 0. The number of hydrogen-bond donors (Lipinski definition) is 3. The molecule has 4 amide bonds. The second kappa shape index (κ2) is 27.7. The maximum atomic E-state index is 12.8. The molecule has 8 rings (SSSR count). The van der Waals surface area contributed by atoms with E-state index in [-0.39, 0.29) is 68.0 Å². The van der Waals surface area contributed by atoms with Crippen molar-refractivity contribution in [1.29, 1.82) is 0 Å². The van der Waals surface area contributed by atoms with Crippen LogP contribution in [0, 0.1) is 23.7 Å². The number of ether oxygens (including phenoxy) is 4. The highest BCUT2D eigenvalue weighted by Gasteiger charge is 2.62. The standard InChI is InChI=1S/C27H35ClF6N4O4.C17H23ClN2O3.C10H12F6N2O2/c1-25(2,3)42-23(39)35-20-6-8-37(9-7-20)21-5-4-19(28)10-16(21)11-36-12-17-14-38(15-18(17)13-36)24(40)41-22(26(29,30)31)27(32,33)34;1-17(2,3)23-16(22)19-14-6-8-20(9-7-14)15-5-4-13(18)10-12(15)11-21;11-9(12,13)7(10(14,15)16)20-8(19)18-3-5-1-17-2-6(5)4-18/h4-5,10,17-18,20,22H,6-9,11-15H2,1-3H3,(H,35,39);4-5,10-11,14H,6-9H2,1-3H3,(H,19,22);5-7,17H,1-4H2. The van der Waals surface area contributed by atoms with Gasteiger partial charge in [0.2, 0.25) is 0 Å². The summed E-state index contributed by atoms with van der Waals surface area (Å²) in [6.45, 7) is 16.9. The first-order valence-electron chi connectivity index (χ1n) is 27.4. The van der Waals surface area contributed by atoms with Gasteiger partial charge in [0, 0.05) is 124 Å². The molecule has 6 fully saturated rings. The molecule has 0 aromatic heterocycles. The Balaban J connectivity index is 0.000000226. The predicted molar refractivity (Wildman–Crippen MR) is 288 cm³/mol. The molecule has 85 heavy (non-hydrogen) atoms. The number of nitrogens with one attached hydrogen (secondary N) is 3. The highest BCUT2D eigenvalue weighted by molar-refractivity contribution is 6.31. The molecule has 31 heteroatoms. The quantitative estimate of drug-likeness (QED) is 0.123. The molecule has 478 valence electrons. The van der Waals surface area contributed by atoms with Gasteiger partial charge in [-0.3, -0.25) is 9.69 Å². The van der Waals surface area contributed by atoms with E-state index in [1.54, 1.807) is 32.9 Å². The molecular formula is C54H70Cl2F12N8O9. The molecule has 0 spiro atoms. The van der Waals surface area contributed by atoms with Gasteiger partial charge >= 0.3 is 49.1 Å². The van der Waals surface area contributed by atoms with Crippen molar-refractivity contribution >= 4 is 65.2 Å². The Kier molecular flexibility index (Phi) is 22.3. The summed E-state index contributed by atoms with van der Waals surface area (Å²) in [6.07, 6.45) is -31.2. The number of carbonyl (C=O) groups excluding carboxylic acids is 5. The smallest absolute Gasteiger partial charge is 0.434 e. The van der Waals surface area contributed by atoms with Crippen molar-refractivity contribution in [1.82, 2.24) is 30.7 Å². The minimum absolute atomic E-state index is 0.0121. The highest BCUT2D eigenvalue weighted by atomic mass is 35.5. The van der Waals surface area contributed by atoms with Gasteiger partial charge in [0.15, 0.2) is 6.29 Å². The monoisotopic (exact) mass is 1270 g/mol. The highest BCUT2D eigenvalue weighted by Crippen LogP contribution is 2.40. The van der Waals surface area contributed by atoms with Crippen LogP contribution in [-0.2, 0) is 25.5 Å². The Morgan fingerprint density at radius 2 is 0.929 bits per heavy atom. The Morgan fingerprint density at radius 1 is 0.565 bits per heavy atom. The summed E-state index contributed by atoms with van der Waals surface area (Å²) in [5.74, 6) is -0.106. The molecule has 6 aliphatic heterocycles. The number of amides is 4. The van der Waals surface area contributed by atoms with Crippen LogP contribution < -0.4 is 25.8 Å². The van der Waals surface area contributed by atoms with E-state index in [0.717, 1.165) is 71.8 Å². The van der Waals surface area contributed by atoms with Crippen LogP contribution in [0.1, 0.15) is 83.1 Å². The minimum Gasteiger partial charge on any atom is -0.444 e. The number of fused-ring (bicyclic) bond motifs is 2. The van der Waals surface area contributed by atoms with Crippen molar-refractivity contribution in [3.63, 3.8) is 0 Å². The number of halogens is 14. The third-order valence-corrected chi connectivity index (χ3v) is 15.2. The average molecular weight is 1270 g/mol. The fourth-order valence-electron chi connectivity index (χ4n) is 11.0. The number of alkyl carbamates (subject to hydrolysis) is 2. The van der Waals surface area contributed by atoms with Crippen LogP contribution in [0.4, 0.5) is 83.2 Å². The van der Waals surface area contributed by atoms with E-state index in [0.29, 0.717) is 61.4 Å². The van der Waals surface area contributed by atoms with Crippen LogP contribution in [0.2, 0.25) is 10.0 Å². The van der Waals surface area contributed by atoms with Crippen LogP contribution in [0.25, 0.3) is 0 Å². The first kappa shape index (κ1) is 68.6. The molecule has 6 saturated heterocycles. The molecule has 2 aromatic rings. The Morgan fingerprint density at radius 3 is 1.31 bits per heavy atom. The van der Waals surface area contributed by atoms with E-state index in [4.69, 9.17) is 32.7 Å². The van der Waals surface area contributed by atoms with Crippen molar-refractivity contribution in [3.05, 3.63) is 57.6 Å². The number of rotatable bonds is 9. The summed E-state index contributed by atoms with van der Waals surface area (Å²) >= 11 is 12.2. The van der Waals surface area contributed by atoms with Crippen LogP contribution in [0.3, 0.4) is 0 Å². The van der Waals surface area contributed by atoms with Gasteiger partial charge in [0.25, 0.3) is 12.2 Å².